The van der Waals surface area contributed by atoms with Crippen molar-refractivity contribution in [2.24, 2.45) is 11.3 Å². The minimum atomic E-state index is 0.263. The number of hydrogen-bond donors (Lipinski definition) is 2. The SMILES string of the molecule is O=C(NCCOC1CCCCC1)C1CC12CCNCC2. The number of ether oxygens (including phenoxy) is 1. The number of nitrogens with one attached hydrogen (secondary N) is 2. The fourth-order valence-corrected chi connectivity index (χ4v) is 3.95. The zero-order valence-corrected chi connectivity index (χ0v) is 12.5. The van der Waals surface area contributed by atoms with Crippen molar-refractivity contribution >= 4 is 5.91 Å². The summed E-state index contributed by atoms with van der Waals surface area (Å²) in [6.45, 7) is 3.51. The summed E-state index contributed by atoms with van der Waals surface area (Å²) in [6.07, 6.45) is 10.2. The van der Waals surface area contributed by atoms with E-state index in [1.165, 1.54) is 44.9 Å². The molecular formula is C16H28N2O2. The van der Waals surface area contributed by atoms with Crippen molar-refractivity contribution in [1.82, 2.24) is 10.6 Å². The van der Waals surface area contributed by atoms with Gasteiger partial charge in [0.2, 0.25) is 5.91 Å². The Bertz CT molecular complexity index is 333. The largest absolute Gasteiger partial charge is 0.376 e. The minimum Gasteiger partial charge on any atom is -0.376 e. The van der Waals surface area contributed by atoms with Crippen LogP contribution in [0.4, 0.5) is 0 Å². The number of hydrogen-bond acceptors (Lipinski definition) is 3. The Balaban J connectivity index is 1.30. The van der Waals surface area contributed by atoms with Crippen LogP contribution in [0.5, 0.6) is 0 Å². The van der Waals surface area contributed by atoms with Crippen molar-refractivity contribution in [2.75, 3.05) is 26.2 Å². The van der Waals surface area contributed by atoms with E-state index in [2.05, 4.69) is 10.6 Å². The van der Waals surface area contributed by atoms with Crippen molar-refractivity contribution in [2.45, 2.75) is 57.5 Å². The second kappa shape index (κ2) is 6.44. The average Bonchev–Trinajstić information content (AvgIpc) is 3.19. The van der Waals surface area contributed by atoms with Crippen LogP contribution in [0.25, 0.3) is 0 Å². The molecule has 2 saturated carbocycles. The van der Waals surface area contributed by atoms with E-state index in [1.54, 1.807) is 0 Å². The lowest BCUT2D eigenvalue weighted by atomic mass is 9.92. The second-order valence-electron chi connectivity index (χ2n) is 6.79. The Morgan fingerprint density at radius 2 is 1.95 bits per heavy atom. The summed E-state index contributed by atoms with van der Waals surface area (Å²) >= 11 is 0. The van der Waals surface area contributed by atoms with Crippen LogP contribution in [0, 0.1) is 11.3 Å². The summed E-state index contributed by atoms with van der Waals surface area (Å²) < 4.78 is 5.85. The Kier molecular flexibility index (Phi) is 4.61. The second-order valence-corrected chi connectivity index (χ2v) is 6.79. The van der Waals surface area contributed by atoms with Gasteiger partial charge < -0.3 is 15.4 Å². The van der Waals surface area contributed by atoms with Crippen LogP contribution in [-0.4, -0.2) is 38.3 Å². The van der Waals surface area contributed by atoms with Gasteiger partial charge in [-0.25, -0.2) is 0 Å². The third-order valence-corrected chi connectivity index (χ3v) is 5.41. The van der Waals surface area contributed by atoms with Crippen LogP contribution in [0.15, 0.2) is 0 Å². The first kappa shape index (κ1) is 14.3. The summed E-state index contributed by atoms with van der Waals surface area (Å²) in [6, 6.07) is 0. The van der Waals surface area contributed by atoms with Gasteiger partial charge in [0.05, 0.1) is 12.7 Å². The molecule has 114 valence electrons. The predicted molar refractivity (Wildman–Crippen MR) is 78.5 cm³/mol. The van der Waals surface area contributed by atoms with E-state index in [-0.39, 0.29) is 11.8 Å². The molecule has 1 unspecified atom stereocenters. The summed E-state index contributed by atoms with van der Waals surface area (Å²) in [5, 5.41) is 6.45. The molecule has 1 aliphatic heterocycles. The Morgan fingerprint density at radius 3 is 2.70 bits per heavy atom. The van der Waals surface area contributed by atoms with E-state index < -0.39 is 0 Å². The first-order valence-electron chi connectivity index (χ1n) is 8.40. The molecule has 0 aromatic carbocycles. The first-order chi connectivity index (χ1) is 9.80. The van der Waals surface area contributed by atoms with Crippen LogP contribution in [0.3, 0.4) is 0 Å². The molecule has 2 aliphatic carbocycles. The Hall–Kier alpha value is -0.610. The number of carbonyl (C=O) groups excluding carboxylic acids is 1. The van der Waals surface area contributed by atoms with Crippen molar-refractivity contribution < 1.29 is 9.53 Å². The van der Waals surface area contributed by atoms with Crippen LogP contribution < -0.4 is 10.6 Å². The van der Waals surface area contributed by atoms with Crippen molar-refractivity contribution in [3.8, 4) is 0 Å². The van der Waals surface area contributed by atoms with Gasteiger partial charge in [-0.15, -0.1) is 0 Å². The van der Waals surface area contributed by atoms with Gasteiger partial charge in [0.25, 0.3) is 0 Å². The Morgan fingerprint density at radius 1 is 1.20 bits per heavy atom. The monoisotopic (exact) mass is 280 g/mol. The molecule has 0 aromatic rings. The highest BCUT2D eigenvalue weighted by molar-refractivity contribution is 5.82. The molecule has 1 spiro atoms. The minimum absolute atomic E-state index is 0.263. The molecule has 4 heteroatoms. The van der Waals surface area contributed by atoms with Crippen molar-refractivity contribution in [3.05, 3.63) is 0 Å². The smallest absolute Gasteiger partial charge is 0.223 e. The van der Waals surface area contributed by atoms with Gasteiger partial charge in [0, 0.05) is 12.5 Å². The maximum Gasteiger partial charge on any atom is 0.223 e. The molecule has 0 aromatic heterocycles. The van der Waals surface area contributed by atoms with Gasteiger partial charge in [-0.05, 0) is 50.6 Å². The molecule has 1 saturated heterocycles. The molecule has 1 amide bonds. The van der Waals surface area contributed by atoms with Gasteiger partial charge in [-0.1, -0.05) is 19.3 Å². The third kappa shape index (κ3) is 3.34. The first-order valence-corrected chi connectivity index (χ1v) is 8.40. The van der Waals surface area contributed by atoms with Crippen molar-refractivity contribution in [3.63, 3.8) is 0 Å². The van der Waals surface area contributed by atoms with E-state index in [9.17, 15) is 4.79 Å². The maximum absolute atomic E-state index is 12.1. The van der Waals surface area contributed by atoms with Crippen LogP contribution >= 0.6 is 0 Å². The number of amides is 1. The molecule has 20 heavy (non-hydrogen) atoms. The lowest BCUT2D eigenvalue weighted by Gasteiger charge is -2.23. The van der Waals surface area contributed by atoms with E-state index in [0.29, 0.717) is 24.7 Å². The van der Waals surface area contributed by atoms with Gasteiger partial charge in [0.1, 0.15) is 0 Å². The lowest BCUT2D eigenvalue weighted by molar-refractivity contribution is -0.123. The standard InChI is InChI=1S/C16H28N2O2/c19-15(14-12-16(14)6-8-17-9-7-16)18-10-11-20-13-4-2-1-3-5-13/h13-14,17H,1-12H2,(H,18,19). The zero-order valence-electron chi connectivity index (χ0n) is 12.5. The highest BCUT2D eigenvalue weighted by Crippen LogP contribution is 2.58. The summed E-state index contributed by atoms with van der Waals surface area (Å²) in [5.74, 6) is 0.540. The molecule has 1 atom stereocenters. The predicted octanol–water partition coefficient (Wildman–Crippen LogP) is 1.84. The van der Waals surface area contributed by atoms with Crippen LogP contribution in [-0.2, 0) is 9.53 Å². The molecule has 0 bridgehead atoms. The fourth-order valence-electron chi connectivity index (χ4n) is 3.95. The average molecular weight is 280 g/mol. The summed E-state index contributed by atoms with van der Waals surface area (Å²) in [5.41, 5.74) is 0.347. The van der Waals surface area contributed by atoms with E-state index in [1.807, 2.05) is 0 Å². The van der Waals surface area contributed by atoms with Crippen molar-refractivity contribution in [1.29, 1.82) is 0 Å². The maximum atomic E-state index is 12.1. The summed E-state index contributed by atoms with van der Waals surface area (Å²) in [4.78, 5) is 12.1. The van der Waals surface area contributed by atoms with Crippen LogP contribution in [0.2, 0.25) is 0 Å². The number of rotatable bonds is 5. The highest BCUT2D eigenvalue weighted by atomic mass is 16.5. The van der Waals surface area contributed by atoms with E-state index >= 15 is 0 Å². The number of carbonyl (C=O) groups is 1. The van der Waals surface area contributed by atoms with E-state index in [0.717, 1.165) is 19.5 Å². The molecule has 3 fully saturated rings. The lowest BCUT2D eigenvalue weighted by Crippen LogP contribution is -2.35. The fraction of sp³-hybridized carbons (Fsp3) is 0.938. The molecular weight excluding hydrogens is 252 g/mol. The molecule has 4 nitrogen and oxygen atoms in total. The highest BCUT2D eigenvalue weighted by Gasteiger charge is 2.57. The quantitative estimate of drug-likeness (QED) is 0.756. The molecule has 3 rings (SSSR count). The number of piperidine rings is 1. The molecule has 0 radical (unpaired) electrons. The third-order valence-electron chi connectivity index (χ3n) is 5.41. The van der Waals surface area contributed by atoms with Gasteiger partial charge in [-0.3, -0.25) is 4.79 Å². The van der Waals surface area contributed by atoms with Gasteiger partial charge in [-0.2, -0.15) is 0 Å². The van der Waals surface area contributed by atoms with Crippen LogP contribution in [0.1, 0.15) is 51.4 Å². The Labute approximate surface area is 122 Å². The molecule has 2 N–H and O–H groups in total. The van der Waals surface area contributed by atoms with Gasteiger partial charge >= 0.3 is 0 Å². The molecule has 1 heterocycles. The topological polar surface area (TPSA) is 50.4 Å². The van der Waals surface area contributed by atoms with Gasteiger partial charge in [0.15, 0.2) is 0 Å². The molecule has 3 aliphatic rings. The van der Waals surface area contributed by atoms with E-state index in [4.69, 9.17) is 4.74 Å². The normalized spacial score (nSPS) is 29.3. The summed E-state index contributed by atoms with van der Waals surface area (Å²) in [7, 11) is 0. The zero-order chi connectivity index (χ0) is 13.8.